The minimum atomic E-state index is -3.07. The van der Waals surface area contributed by atoms with Crippen LogP contribution in [0.1, 0.15) is 21.5 Å². The molecule has 2 aromatic carbocycles. The summed E-state index contributed by atoms with van der Waals surface area (Å²) >= 11 is 0. The van der Waals surface area contributed by atoms with Crippen LogP contribution >= 0.6 is 0 Å². The number of benzene rings is 2. The topological polar surface area (TPSA) is 84.9 Å². The summed E-state index contributed by atoms with van der Waals surface area (Å²) in [7, 11) is 1.29. The van der Waals surface area contributed by atoms with E-state index < -0.39 is 24.4 Å². The number of hydrogen-bond acceptors (Lipinski definition) is 4. The Hall–Kier alpha value is -3.16. The fraction of sp³-hybridized carbons (Fsp3) is 0.300. The van der Waals surface area contributed by atoms with Gasteiger partial charge in [0, 0.05) is 12.1 Å². The van der Waals surface area contributed by atoms with Crippen molar-refractivity contribution in [3.05, 3.63) is 59.2 Å². The fourth-order valence-electron chi connectivity index (χ4n) is 2.69. The Kier molecular flexibility index (Phi) is 7.31. The van der Waals surface area contributed by atoms with Crippen molar-refractivity contribution < 1.29 is 33.0 Å². The standard InChI is InChI=1S/C20H21F2NO5/c1-12-4-3-5-13(8-12)9-15(19(25)26)11-23-18(24)14-6-7-16(27-2)17(10-14)28-20(21)22/h3-8,10,15,20H,9,11H2,1-2H3,(H,23,24)(H,25,26). The number of carbonyl (C=O) groups excluding carboxylic acids is 1. The van der Waals surface area contributed by atoms with Crippen molar-refractivity contribution in [1.82, 2.24) is 5.32 Å². The zero-order chi connectivity index (χ0) is 20.7. The zero-order valence-electron chi connectivity index (χ0n) is 15.4. The minimum Gasteiger partial charge on any atom is -0.493 e. The van der Waals surface area contributed by atoms with Gasteiger partial charge in [-0.15, -0.1) is 0 Å². The lowest BCUT2D eigenvalue weighted by molar-refractivity contribution is -0.141. The van der Waals surface area contributed by atoms with E-state index in [0.717, 1.165) is 17.2 Å². The summed E-state index contributed by atoms with van der Waals surface area (Å²) in [6.07, 6.45) is 0.250. The molecule has 0 fully saturated rings. The molecule has 2 aromatic rings. The number of halogens is 2. The Bertz CT molecular complexity index is 841. The van der Waals surface area contributed by atoms with E-state index in [4.69, 9.17) is 4.74 Å². The van der Waals surface area contributed by atoms with Crippen LogP contribution in [0.25, 0.3) is 0 Å². The van der Waals surface area contributed by atoms with Gasteiger partial charge in [0.05, 0.1) is 13.0 Å². The largest absolute Gasteiger partial charge is 0.493 e. The van der Waals surface area contributed by atoms with Gasteiger partial charge in [-0.05, 0) is 37.1 Å². The monoisotopic (exact) mass is 393 g/mol. The molecule has 150 valence electrons. The first-order valence-electron chi connectivity index (χ1n) is 8.49. The summed E-state index contributed by atoms with van der Waals surface area (Å²) in [5.74, 6) is -2.70. The molecule has 1 unspecified atom stereocenters. The summed E-state index contributed by atoms with van der Waals surface area (Å²) in [5, 5.41) is 12.0. The summed E-state index contributed by atoms with van der Waals surface area (Å²) < 4.78 is 34.3. The average molecular weight is 393 g/mol. The summed E-state index contributed by atoms with van der Waals surface area (Å²) in [6.45, 7) is -1.28. The van der Waals surface area contributed by atoms with E-state index in [0.29, 0.717) is 0 Å². The number of hydrogen-bond donors (Lipinski definition) is 2. The van der Waals surface area contributed by atoms with Crippen molar-refractivity contribution in [3.63, 3.8) is 0 Å². The molecule has 1 amide bonds. The van der Waals surface area contributed by atoms with Crippen LogP contribution < -0.4 is 14.8 Å². The highest BCUT2D eigenvalue weighted by molar-refractivity contribution is 5.95. The van der Waals surface area contributed by atoms with E-state index in [1.54, 1.807) is 0 Å². The third-order valence-corrected chi connectivity index (χ3v) is 4.06. The quantitative estimate of drug-likeness (QED) is 0.683. The van der Waals surface area contributed by atoms with Gasteiger partial charge >= 0.3 is 12.6 Å². The molecule has 0 aliphatic rings. The van der Waals surface area contributed by atoms with Crippen LogP contribution in [0, 0.1) is 12.8 Å². The molecule has 0 saturated carbocycles. The predicted octanol–water partition coefficient (Wildman–Crippen LogP) is 3.28. The molecule has 0 radical (unpaired) electrons. The first kappa shape index (κ1) is 21.1. The molecule has 1 atom stereocenters. The maximum Gasteiger partial charge on any atom is 0.387 e. The van der Waals surface area contributed by atoms with Crippen molar-refractivity contribution in [3.8, 4) is 11.5 Å². The smallest absolute Gasteiger partial charge is 0.387 e. The van der Waals surface area contributed by atoms with E-state index in [2.05, 4.69) is 10.1 Å². The number of aryl methyl sites for hydroxylation is 1. The van der Waals surface area contributed by atoms with E-state index in [9.17, 15) is 23.5 Å². The number of methoxy groups -OCH3 is 1. The van der Waals surface area contributed by atoms with Crippen molar-refractivity contribution in [2.75, 3.05) is 13.7 Å². The summed E-state index contributed by atoms with van der Waals surface area (Å²) in [4.78, 5) is 23.9. The van der Waals surface area contributed by atoms with Gasteiger partial charge in [-0.1, -0.05) is 29.8 Å². The Balaban J connectivity index is 2.07. The highest BCUT2D eigenvalue weighted by Crippen LogP contribution is 2.29. The Morgan fingerprint density at radius 3 is 2.50 bits per heavy atom. The van der Waals surface area contributed by atoms with Crippen LogP contribution in [0.5, 0.6) is 11.5 Å². The highest BCUT2D eigenvalue weighted by atomic mass is 19.3. The maximum absolute atomic E-state index is 12.5. The van der Waals surface area contributed by atoms with Crippen LogP contribution in [0.4, 0.5) is 8.78 Å². The summed E-state index contributed by atoms with van der Waals surface area (Å²) in [5.41, 5.74) is 1.91. The first-order valence-corrected chi connectivity index (χ1v) is 8.49. The van der Waals surface area contributed by atoms with Gasteiger partial charge in [-0.3, -0.25) is 9.59 Å². The number of carbonyl (C=O) groups is 2. The number of carboxylic acid groups (broad SMARTS) is 1. The van der Waals surface area contributed by atoms with Crippen LogP contribution in [0.2, 0.25) is 0 Å². The SMILES string of the molecule is COc1ccc(C(=O)NCC(Cc2cccc(C)c2)C(=O)O)cc1OC(F)F. The molecule has 28 heavy (non-hydrogen) atoms. The van der Waals surface area contributed by atoms with Crippen LogP contribution in [-0.2, 0) is 11.2 Å². The molecule has 0 saturated heterocycles. The lowest BCUT2D eigenvalue weighted by atomic mass is 9.98. The number of amides is 1. The lowest BCUT2D eigenvalue weighted by Gasteiger charge is -2.15. The van der Waals surface area contributed by atoms with Crippen LogP contribution in [0.15, 0.2) is 42.5 Å². The van der Waals surface area contributed by atoms with Gasteiger partial charge in [0.1, 0.15) is 0 Å². The molecule has 6 nitrogen and oxygen atoms in total. The molecule has 2 rings (SSSR count). The molecule has 0 spiro atoms. The number of alkyl halides is 2. The number of carboxylic acids is 1. The van der Waals surface area contributed by atoms with E-state index >= 15 is 0 Å². The van der Waals surface area contributed by atoms with Gasteiger partial charge in [0.2, 0.25) is 0 Å². The van der Waals surface area contributed by atoms with E-state index in [1.807, 2.05) is 31.2 Å². The van der Waals surface area contributed by atoms with Gasteiger partial charge in [0.15, 0.2) is 11.5 Å². The third-order valence-electron chi connectivity index (χ3n) is 4.06. The highest BCUT2D eigenvalue weighted by Gasteiger charge is 2.20. The Morgan fingerprint density at radius 2 is 1.89 bits per heavy atom. The van der Waals surface area contributed by atoms with E-state index in [1.165, 1.54) is 19.2 Å². The zero-order valence-corrected chi connectivity index (χ0v) is 15.4. The number of aliphatic carboxylic acids is 1. The number of nitrogens with one attached hydrogen (secondary N) is 1. The molecule has 0 aliphatic carbocycles. The van der Waals surface area contributed by atoms with E-state index in [-0.39, 0.29) is 30.0 Å². The number of rotatable bonds is 9. The third kappa shape index (κ3) is 5.94. The number of ether oxygens (including phenoxy) is 2. The normalized spacial score (nSPS) is 11.8. The minimum absolute atomic E-state index is 0.0520. The van der Waals surface area contributed by atoms with Crippen LogP contribution in [0.3, 0.4) is 0 Å². The average Bonchev–Trinajstić information content (AvgIpc) is 2.64. The van der Waals surface area contributed by atoms with Gasteiger partial charge in [-0.25, -0.2) is 0 Å². The molecule has 0 heterocycles. The molecular weight excluding hydrogens is 372 g/mol. The van der Waals surface area contributed by atoms with Gasteiger partial charge in [0.25, 0.3) is 5.91 Å². The second-order valence-electron chi connectivity index (χ2n) is 6.18. The van der Waals surface area contributed by atoms with Crippen molar-refractivity contribution in [2.24, 2.45) is 5.92 Å². The second-order valence-corrected chi connectivity index (χ2v) is 6.18. The molecule has 2 N–H and O–H groups in total. The molecule has 0 aliphatic heterocycles. The first-order chi connectivity index (χ1) is 13.3. The molecule has 8 heteroatoms. The predicted molar refractivity (Wildman–Crippen MR) is 98.0 cm³/mol. The molecule has 0 aromatic heterocycles. The van der Waals surface area contributed by atoms with Gasteiger partial charge < -0.3 is 19.9 Å². The van der Waals surface area contributed by atoms with Crippen molar-refractivity contribution >= 4 is 11.9 Å². The lowest BCUT2D eigenvalue weighted by Crippen LogP contribution is -2.34. The van der Waals surface area contributed by atoms with Crippen LogP contribution in [-0.4, -0.2) is 37.2 Å². The van der Waals surface area contributed by atoms with Crippen molar-refractivity contribution in [2.45, 2.75) is 20.0 Å². The molecular formula is C20H21F2NO5. The fourth-order valence-corrected chi connectivity index (χ4v) is 2.69. The van der Waals surface area contributed by atoms with Crippen molar-refractivity contribution in [1.29, 1.82) is 0 Å². The second kappa shape index (κ2) is 9.68. The van der Waals surface area contributed by atoms with Gasteiger partial charge in [-0.2, -0.15) is 8.78 Å². The molecule has 0 bridgehead atoms. The Morgan fingerprint density at radius 1 is 1.14 bits per heavy atom. The Labute approximate surface area is 161 Å². The maximum atomic E-state index is 12.5. The summed E-state index contributed by atoms with van der Waals surface area (Å²) in [6, 6.07) is 11.3.